The summed E-state index contributed by atoms with van der Waals surface area (Å²) in [5.41, 5.74) is 1.84. The summed E-state index contributed by atoms with van der Waals surface area (Å²) in [6, 6.07) is 5.92. The first-order chi connectivity index (χ1) is 13.7. The Morgan fingerprint density at radius 2 is 2.07 bits per heavy atom. The molecule has 150 valence electrons. The van der Waals surface area contributed by atoms with Crippen LogP contribution in [-0.4, -0.2) is 51.9 Å². The van der Waals surface area contributed by atoms with Gasteiger partial charge in [0, 0.05) is 32.8 Å². The summed E-state index contributed by atoms with van der Waals surface area (Å²) in [6.07, 6.45) is 8.82. The van der Waals surface area contributed by atoms with E-state index >= 15 is 0 Å². The minimum atomic E-state index is -0.00246. The van der Waals surface area contributed by atoms with Crippen molar-refractivity contribution in [3.8, 4) is 17.1 Å². The zero-order valence-electron chi connectivity index (χ0n) is 16.4. The summed E-state index contributed by atoms with van der Waals surface area (Å²) in [4.78, 5) is 17.9. The average molecular weight is 384 g/mol. The molecule has 4 rings (SSSR count). The summed E-state index contributed by atoms with van der Waals surface area (Å²) in [5, 5.41) is 4.45. The van der Waals surface area contributed by atoms with Crippen LogP contribution in [0.5, 0.6) is 5.75 Å². The van der Waals surface area contributed by atoms with Crippen LogP contribution < -0.4 is 4.74 Å². The lowest BCUT2D eigenvalue weighted by Gasteiger charge is -2.31. The number of aromatic nitrogens is 3. The maximum Gasteiger partial charge on any atom is 0.219 e. The van der Waals surface area contributed by atoms with Crippen LogP contribution in [0.3, 0.4) is 0 Å². The fraction of sp³-hybridized carbons (Fsp3) is 0.571. The Kier molecular flexibility index (Phi) is 5.90. The number of hydrogen-bond acceptors (Lipinski definition) is 5. The van der Waals surface area contributed by atoms with Gasteiger partial charge < -0.3 is 14.4 Å². The maximum atomic E-state index is 11.4. The number of carbonyl (C=O) groups is 1. The summed E-state index contributed by atoms with van der Waals surface area (Å²) in [7, 11) is 0. The van der Waals surface area contributed by atoms with E-state index in [1.807, 2.05) is 27.8 Å². The molecule has 2 fully saturated rings. The molecule has 7 heteroatoms. The van der Waals surface area contributed by atoms with E-state index in [-0.39, 0.29) is 12.1 Å². The van der Waals surface area contributed by atoms with E-state index in [2.05, 4.69) is 10.1 Å². The SMILES string of the molecule is CC(=O)N1CCC(COc2ccc(-c3ccnn3C3CCCCO3)nc2)CC1. The third kappa shape index (κ3) is 4.35. The molecule has 2 aromatic rings. The second-order valence-electron chi connectivity index (χ2n) is 7.62. The number of likely N-dealkylation sites (tertiary alicyclic amines) is 1. The molecule has 0 aromatic carbocycles. The number of ether oxygens (including phenoxy) is 2. The van der Waals surface area contributed by atoms with E-state index < -0.39 is 0 Å². The van der Waals surface area contributed by atoms with Crippen molar-refractivity contribution in [3.63, 3.8) is 0 Å². The van der Waals surface area contributed by atoms with Crippen LogP contribution in [0, 0.1) is 5.92 Å². The standard InChI is InChI=1S/C21H28N4O3/c1-16(26)24-11-8-17(9-12-24)15-28-18-5-6-19(22-14-18)20-7-10-23-25(20)21-4-2-3-13-27-21/h5-7,10,14,17,21H,2-4,8-9,11-13,15H2,1H3. The van der Waals surface area contributed by atoms with E-state index in [1.165, 1.54) is 0 Å². The smallest absolute Gasteiger partial charge is 0.219 e. The Hall–Kier alpha value is -2.41. The van der Waals surface area contributed by atoms with Crippen LogP contribution in [0.15, 0.2) is 30.6 Å². The minimum Gasteiger partial charge on any atom is -0.492 e. The van der Waals surface area contributed by atoms with E-state index in [9.17, 15) is 4.79 Å². The molecule has 2 aromatic heterocycles. The molecule has 0 aliphatic carbocycles. The Morgan fingerprint density at radius 1 is 1.21 bits per heavy atom. The van der Waals surface area contributed by atoms with Gasteiger partial charge in [0.15, 0.2) is 6.23 Å². The molecule has 0 saturated carbocycles. The largest absolute Gasteiger partial charge is 0.492 e. The zero-order valence-corrected chi connectivity index (χ0v) is 16.4. The van der Waals surface area contributed by atoms with Gasteiger partial charge in [-0.15, -0.1) is 0 Å². The summed E-state index contributed by atoms with van der Waals surface area (Å²) < 4.78 is 13.7. The normalized spacial score (nSPS) is 20.9. The Labute approximate surface area is 165 Å². The molecule has 7 nitrogen and oxygen atoms in total. The molecule has 28 heavy (non-hydrogen) atoms. The van der Waals surface area contributed by atoms with Gasteiger partial charge in [0.2, 0.25) is 5.91 Å². The number of piperidine rings is 1. The molecular weight excluding hydrogens is 356 g/mol. The van der Waals surface area contributed by atoms with Crippen LogP contribution in [0.4, 0.5) is 0 Å². The molecule has 0 N–H and O–H groups in total. The highest BCUT2D eigenvalue weighted by atomic mass is 16.5. The molecule has 0 radical (unpaired) electrons. The first-order valence-corrected chi connectivity index (χ1v) is 10.2. The minimum absolute atomic E-state index is 0.00246. The van der Waals surface area contributed by atoms with Gasteiger partial charge in [-0.1, -0.05) is 0 Å². The first-order valence-electron chi connectivity index (χ1n) is 10.2. The van der Waals surface area contributed by atoms with Crippen molar-refractivity contribution >= 4 is 5.91 Å². The highest BCUT2D eigenvalue weighted by molar-refractivity contribution is 5.73. The van der Waals surface area contributed by atoms with E-state index in [4.69, 9.17) is 9.47 Å². The van der Waals surface area contributed by atoms with E-state index in [1.54, 1.807) is 19.3 Å². The summed E-state index contributed by atoms with van der Waals surface area (Å²) in [6.45, 7) is 4.74. The summed E-state index contributed by atoms with van der Waals surface area (Å²) in [5.74, 6) is 1.43. The molecule has 0 bridgehead atoms. The van der Waals surface area contributed by atoms with E-state index in [0.717, 1.165) is 68.9 Å². The van der Waals surface area contributed by atoms with Crippen molar-refractivity contribution in [2.24, 2.45) is 5.92 Å². The van der Waals surface area contributed by atoms with Crippen molar-refractivity contribution in [1.82, 2.24) is 19.7 Å². The fourth-order valence-corrected chi connectivity index (χ4v) is 3.91. The molecule has 2 aliphatic rings. The van der Waals surface area contributed by atoms with Gasteiger partial charge in [-0.3, -0.25) is 9.78 Å². The average Bonchev–Trinajstić information content (AvgIpc) is 3.23. The van der Waals surface area contributed by atoms with Gasteiger partial charge >= 0.3 is 0 Å². The fourth-order valence-electron chi connectivity index (χ4n) is 3.91. The number of amides is 1. The molecular formula is C21H28N4O3. The molecule has 1 amide bonds. The quantitative estimate of drug-likeness (QED) is 0.791. The highest BCUT2D eigenvalue weighted by Gasteiger charge is 2.22. The second-order valence-corrected chi connectivity index (χ2v) is 7.62. The highest BCUT2D eigenvalue weighted by Crippen LogP contribution is 2.28. The van der Waals surface area contributed by atoms with Crippen molar-refractivity contribution in [1.29, 1.82) is 0 Å². The van der Waals surface area contributed by atoms with Gasteiger partial charge in [0.1, 0.15) is 5.75 Å². The van der Waals surface area contributed by atoms with Crippen molar-refractivity contribution in [2.75, 3.05) is 26.3 Å². The Bertz CT molecular complexity index is 775. The van der Waals surface area contributed by atoms with Crippen molar-refractivity contribution < 1.29 is 14.3 Å². The monoisotopic (exact) mass is 384 g/mol. The lowest BCUT2D eigenvalue weighted by Crippen LogP contribution is -2.38. The molecule has 1 atom stereocenters. The Balaban J connectivity index is 1.34. The van der Waals surface area contributed by atoms with Gasteiger partial charge in [-0.25, -0.2) is 4.68 Å². The number of pyridine rings is 1. The van der Waals surface area contributed by atoms with Crippen molar-refractivity contribution in [2.45, 2.75) is 45.3 Å². The van der Waals surface area contributed by atoms with Crippen LogP contribution in [0.1, 0.15) is 45.3 Å². The number of nitrogens with zero attached hydrogens (tertiary/aromatic N) is 4. The predicted octanol–water partition coefficient (Wildman–Crippen LogP) is 3.28. The van der Waals surface area contributed by atoms with Crippen LogP contribution in [0.25, 0.3) is 11.4 Å². The number of hydrogen-bond donors (Lipinski definition) is 0. The van der Waals surface area contributed by atoms with Crippen LogP contribution >= 0.6 is 0 Å². The van der Waals surface area contributed by atoms with E-state index in [0.29, 0.717) is 12.5 Å². The molecule has 1 unspecified atom stereocenters. The van der Waals surface area contributed by atoms with Crippen molar-refractivity contribution in [3.05, 3.63) is 30.6 Å². The lowest BCUT2D eigenvalue weighted by atomic mass is 9.98. The Morgan fingerprint density at radius 3 is 2.75 bits per heavy atom. The van der Waals surface area contributed by atoms with Gasteiger partial charge in [-0.2, -0.15) is 5.10 Å². The van der Waals surface area contributed by atoms with Gasteiger partial charge in [0.05, 0.1) is 24.2 Å². The lowest BCUT2D eigenvalue weighted by molar-refractivity contribution is -0.130. The number of carbonyl (C=O) groups excluding carboxylic acids is 1. The summed E-state index contributed by atoms with van der Waals surface area (Å²) >= 11 is 0. The van der Waals surface area contributed by atoms with Gasteiger partial charge in [0.25, 0.3) is 0 Å². The third-order valence-electron chi connectivity index (χ3n) is 5.64. The first kappa shape index (κ1) is 18.9. The molecule has 4 heterocycles. The second kappa shape index (κ2) is 8.73. The molecule has 2 saturated heterocycles. The van der Waals surface area contributed by atoms with Gasteiger partial charge in [-0.05, 0) is 56.2 Å². The molecule has 2 aliphatic heterocycles. The maximum absolute atomic E-state index is 11.4. The predicted molar refractivity (Wildman–Crippen MR) is 105 cm³/mol. The molecule has 0 spiro atoms. The van der Waals surface area contributed by atoms with Crippen LogP contribution in [0.2, 0.25) is 0 Å². The topological polar surface area (TPSA) is 69.5 Å². The number of rotatable bonds is 5. The third-order valence-corrected chi connectivity index (χ3v) is 5.64. The van der Waals surface area contributed by atoms with Crippen LogP contribution in [-0.2, 0) is 9.53 Å². The zero-order chi connectivity index (χ0) is 19.3.